The van der Waals surface area contributed by atoms with E-state index in [4.69, 9.17) is 0 Å². The molecule has 29 heavy (non-hydrogen) atoms. The van der Waals surface area contributed by atoms with Gasteiger partial charge in [0.2, 0.25) is 0 Å². The number of rotatable bonds is 7. The van der Waals surface area contributed by atoms with Crippen LogP contribution in [-0.2, 0) is 6.42 Å². The number of aryl methyl sites for hydroxylation is 1. The first-order valence-electron chi connectivity index (χ1n) is 10.3. The number of likely N-dealkylation sites (tertiary alicyclic amines) is 1. The summed E-state index contributed by atoms with van der Waals surface area (Å²) < 4.78 is 2.06. The van der Waals surface area contributed by atoms with Gasteiger partial charge in [-0.2, -0.15) is 0 Å². The summed E-state index contributed by atoms with van der Waals surface area (Å²) in [5.41, 5.74) is 0.905. The number of nitrogens with zero attached hydrogens (tertiary/aromatic N) is 5. The van der Waals surface area contributed by atoms with Crippen LogP contribution in [0.5, 0.6) is 0 Å². The molecular weight excluding hydrogens is 380 g/mol. The van der Waals surface area contributed by atoms with Crippen molar-refractivity contribution in [2.45, 2.75) is 24.2 Å². The Hall–Kier alpha value is -2.54. The molecule has 1 aromatic carbocycles. The van der Waals surface area contributed by atoms with Crippen LogP contribution in [0.15, 0.2) is 64.6 Å². The molecule has 1 N–H and O–H groups in total. The van der Waals surface area contributed by atoms with Crippen molar-refractivity contribution in [2.24, 2.45) is 10.9 Å². The van der Waals surface area contributed by atoms with E-state index in [9.17, 15) is 0 Å². The second kappa shape index (κ2) is 9.78. The molecule has 7 heteroatoms. The number of guanidine groups is 1. The number of hydrogen-bond acceptors (Lipinski definition) is 4. The molecular formula is C22H28N6S. The normalized spacial score (nSPS) is 17.2. The van der Waals surface area contributed by atoms with Gasteiger partial charge >= 0.3 is 0 Å². The molecule has 0 radical (unpaired) electrons. The van der Waals surface area contributed by atoms with E-state index in [-0.39, 0.29) is 0 Å². The number of thioether (sulfide) groups is 1. The largest absolute Gasteiger partial charge is 0.356 e. The Bertz CT molecular complexity index is 939. The van der Waals surface area contributed by atoms with Crippen molar-refractivity contribution in [2.75, 3.05) is 32.4 Å². The van der Waals surface area contributed by atoms with E-state index in [2.05, 4.69) is 60.1 Å². The van der Waals surface area contributed by atoms with E-state index < -0.39 is 0 Å². The van der Waals surface area contributed by atoms with Gasteiger partial charge in [0.15, 0.2) is 11.6 Å². The van der Waals surface area contributed by atoms with E-state index in [1.807, 2.05) is 43.2 Å². The Labute approximate surface area is 176 Å². The van der Waals surface area contributed by atoms with Gasteiger partial charge in [-0.15, -0.1) is 22.0 Å². The maximum absolute atomic E-state index is 4.50. The third-order valence-corrected chi connectivity index (χ3v) is 6.51. The van der Waals surface area contributed by atoms with Crippen molar-refractivity contribution in [1.82, 2.24) is 24.8 Å². The van der Waals surface area contributed by atoms with Crippen molar-refractivity contribution < 1.29 is 0 Å². The molecule has 1 fully saturated rings. The van der Waals surface area contributed by atoms with Gasteiger partial charge in [0, 0.05) is 49.9 Å². The number of aliphatic imine (C=N–C) groups is 1. The van der Waals surface area contributed by atoms with E-state index in [1.165, 1.54) is 11.3 Å². The van der Waals surface area contributed by atoms with Gasteiger partial charge in [0.1, 0.15) is 5.82 Å². The lowest BCUT2D eigenvalue weighted by Crippen LogP contribution is -2.40. The lowest BCUT2D eigenvalue weighted by molar-refractivity contribution is 0.473. The smallest absolute Gasteiger partial charge is 0.193 e. The SMILES string of the molecule is CN=C(NCCCc1nnc2ccccn12)N1CCC(CSc2ccccc2)C1. The van der Waals surface area contributed by atoms with Crippen molar-refractivity contribution in [1.29, 1.82) is 0 Å². The average Bonchev–Trinajstić information content (AvgIpc) is 3.40. The van der Waals surface area contributed by atoms with E-state index in [0.717, 1.165) is 55.7 Å². The first kappa shape index (κ1) is 19.8. The predicted molar refractivity (Wildman–Crippen MR) is 120 cm³/mol. The summed E-state index contributed by atoms with van der Waals surface area (Å²) in [4.78, 5) is 8.25. The van der Waals surface area contributed by atoms with Crippen LogP contribution >= 0.6 is 11.8 Å². The highest BCUT2D eigenvalue weighted by molar-refractivity contribution is 7.99. The Kier molecular flexibility index (Phi) is 6.67. The van der Waals surface area contributed by atoms with Crippen LogP contribution in [0.2, 0.25) is 0 Å². The molecule has 2 aromatic heterocycles. The summed E-state index contributed by atoms with van der Waals surface area (Å²) >= 11 is 1.96. The molecule has 152 valence electrons. The Morgan fingerprint density at radius 3 is 2.90 bits per heavy atom. The van der Waals surface area contributed by atoms with Crippen molar-refractivity contribution in [3.8, 4) is 0 Å². The van der Waals surface area contributed by atoms with Gasteiger partial charge in [0.05, 0.1) is 0 Å². The van der Waals surface area contributed by atoms with Crippen molar-refractivity contribution >= 4 is 23.4 Å². The first-order valence-corrected chi connectivity index (χ1v) is 11.2. The number of nitrogens with one attached hydrogen (secondary N) is 1. The zero-order chi connectivity index (χ0) is 19.9. The zero-order valence-electron chi connectivity index (χ0n) is 16.9. The van der Waals surface area contributed by atoms with Gasteiger partial charge in [-0.05, 0) is 43.0 Å². The summed E-state index contributed by atoms with van der Waals surface area (Å²) in [7, 11) is 1.88. The highest BCUT2D eigenvalue weighted by Crippen LogP contribution is 2.25. The van der Waals surface area contributed by atoms with Crippen LogP contribution in [0, 0.1) is 5.92 Å². The lowest BCUT2D eigenvalue weighted by atomic mass is 10.2. The summed E-state index contributed by atoms with van der Waals surface area (Å²) in [6.07, 6.45) is 5.14. The molecule has 0 bridgehead atoms. The summed E-state index contributed by atoms with van der Waals surface area (Å²) in [5, 5.41) is 12.1. The zero-order valence-corrected chi connectivity index (χ0v) is 17.7. The molecule has 3 aromatic rings. The molecule has 0 saturated carbocycles. The monoisotopic (exact) mass is 408 g/mol. The summed E-state index contributed by atoms with van der Waals surface area (Å²) in [6, 6.07) is 16.7. The standard InChI is InChI=1S/C22H28N6S/c1-23-22(24-13-7-11-21-26-25-20-10-5-6-14-28(20)21)27-15-12-18(16-27)17-29-19-8-3-2-4-9-19/h2-6,8-10,14,18H,7,11-13,15-17H2,1H3,(H,23,24). The molecule has 1 unspecified atom stereocenters. The molecule has 3 heterocycles. The molecule has 1 saturated heterocycles. The van der Waals surface area contributed by atoms with Crippen LogP contribution in [-0.4, -0.2) is 57.9 Å². The minimum absolute atomic E-state index is 0.709. The predicted octanol–water partition coefficient (Wildman–Crippen LogP) is 3.35. The van der Waals surface area contributed by atoms with Gasteiger partial charge in [-0.3, -0.25) is 9.39 Å². The molecule has 0 spiro atoms. The Morgan fingerprint density at radius 1 is 1.17 bits per heavy atom. The molecule has 4 rings (SSSR count). The second-order valence-electron chi connectivity index (χ2n) is 7.35. The van der Waals surface area contributed by atoms with E-state index >= 15 is 0 Å². The Balaban J connectivity index is 1.20. The maximum Gasteiger partial charge on any atom is 0.193 e. The molecule has 1 aliphatic heterocycles. The molecule has 1 aliphatic rings. The van der Waals surface area contributed by atoms with Gasteiger partial charge in [0.25, 0.3) is 0 Å². The number of aromatic nitrogens is 3. The molecule has 0 aliphatic carbocycles. The maximum atomic E-state index is 4.50. The van der Waals surface area contributed by atoms with Gasteiger partial charge in [-0.1, -0.05) is 24.3 Å². The summed E-state index contributed by atoms with van der Waals surface area (Å²) in [5.74, 6) is 3.90. The fourth-order valence-electron chi connectivity index (χ4n) is 3.73. The summed E-state index contributed by atoms with van der Waals surface area (Å²) in [6.45, 7) is 3.04. The van der Waals surface area contributed by atoms with Crippen LogP contribution in [0.1, 0.15) is 18.7 Å². The van der Waals surface area contributed by atoms with E-state index in [0.29, 0.717) is 5.92 Å². The fraction of sp³-hybridized carbons (Fsp3) is 0.409. The number of fused-ring (bicyclic) bond motifs is 1. The minimum atomic E-state index is 0.709. The Morgan fingerprint density at radius 2 is 2.03 bits per heavy atom. The highest BCUT2D eigenvalue weighted by atomic mass is 32.2. The van der Waals surface area contributed by atoms with Crippen LogP contribution in [0.3, 0.4) is 0 Å². The highest BCUT2D eigenvalue weighted by Gasteiger charge is 2.24. The third-order valence-electron chi connectivity index (χ3n) is 5.27. The van der Waals surface area contributed by atoms with E-state index in [1.54, 1.807) is 0 Å². The minimum Gasteiger partial charge on any atom is -0.356 e. The second-order valence-corrected chi connectivity index (χ2v) is 8.44. The number of pyridine rings is 1. The molecule has 0 amide bonds. The van der Waals surface area contributed by atoms with Gasteiger partial charge < -0.3 is 10.2 Å². The van der Waals surface area contributed by atoms with Crippen molar-refractivity contribution in [3.05, 3.63) is 60.6 Å². The van der Waals surface area contributed by atoms with Crippen LogP contribution in [0.25, 0.3) is 5.65 Å². The third kappa shape index (κ3) is 5.09. The first-order chi connectivity index (χ1) is 14.3. The van der Waals surface area contributed by atoms with Crippen molar-refractivity contribution in [3.63, 3.8) is 0 Å². The molecule has 6 nitrogen and oxygen atoms in total. The quantitative estimate of drug-likeness (QED) is 0.281. The topological polar surface area (TPSA) is 57.8 Å². The number of hydrogen-bond donors (Lipinski definition) is 1. The number of benzene rings is 1. The van der Waals surface area contributed by atoms with Crippen LogP contribution in [0.4, 0.5) is 0 Å². The molecule has 1 atom stereocenters. The fourth-order valence-corrected chi connectivity index (χ4v) is 4.78. The lowest BCUT2D eigenvalue weighted by Gasteiger charge is -2.21. The van der Waals surface area contributed by atoms with Gasteiger partial charge in [-0.25, -0.2) is 0 Å². The van der Waals surface area contributed by atoms with Crippen LogP contribution < -0.4 is 5.32 Å². The average molecular weight is 409 g/mol.